The quantitative estimate of drug-likeness (QED) is 0.790. The van der Waals surface area contributed by atoms with Crippen molar-refractivity contribution in [3.63, 3.8) is 0 Å². The van der Waals surface area contributed by atoms with E-state index in [1.54, 1.807) is 0 Å². The van der Waals surface area contributed by atoms with Gasteiger partial charge in [0.05, 0.1) is 11.9 Å². The maximum atomic E-state index is 4.43. The van der Waals surface area contributed by atoms with Crippen LogP contribution in [0.25, 0.3) is 10.9 Å². The molecule has 3 nitrogen and oxygen atoms in total. The van der Waals surface area contributed by atoms with Crippen LogP contribution >= 0.6 is 0 Å². The first-order chi connectivity index (χ1) is 8.02. The fourth-order valence-electron chi connectivity index (χ4n) is 2.12. The van der Waals surface area contributed by atoms with Crippen LogP contribution in [0, 0.1) is 6.92 Å². The minimum atomic E-state index is 0.451. The van der Waals surface area contributed by atoms with Crippen molar-refractivity contribution in [1.29, 1.82) is 0 Å². The Labute approximate surface area is 102 Å². The van der Waals surface area contributed by atoms with Gasteiger partial charge in [-0.25, -0.2) is 0 Å². The predicted molar refractivity (Wildman–Crippen MR) is 70.2 cm³/mol. The number of hydrogen-bond acceptors (Lipinski definition) is 3. The molecule has 0 radical (unpaired) electrons. The third-order valence-corrected chi connectivity index (χ3v) is 3.15. The van der Waals surface area contributed by atoms with Gasteiger partial charge in [-0.2, -0.15) is 5.10 Å². The van der Waals surface area contributed by atoms with Crippen LogP contribution in [0.1, 0.15) is 56.4 Å². The Hall–Kier alpha value is -1.51. The lowest BCUT2D eigenvalue weighted by atomic mass is 9.93. The summed E-state index contributed by atoms with van der Waals surface area (Å²) in [5.41, 5.74) is 4.44. The second kappa shape index (κ2) is 4.40. The normalized spacial score (nSPS) is 11.7. The zero-order valence-electron chi connectivity index (χ0n) is 11.2. The average molecular weight is 229 g/mol. The molecule has 90 valence electrons. The van der Waals surface area contributed by atoms with Crippen LogP contribution in [-0.2, 0) is 0 Å². The lowest BCUT2D eigenvalue weighted by Crippen LogP contribution is -2.02. The summed E-state index contributed by atoms with van der Waals surface area (Å²) < 4.78 is 0. The maximum Gasteiger partial charge on any atom is 0.115 e. The Kier molecular flexibility index (Phi) is 3.09. The van der Waals surface area contributed by atoms with Gasteiger partial charge in [-0.05, 0) is 29.9 Å². The molecule has 2 rings (SSSR count). The first-order valence-electron chi connectivity index (χ1n) is 6.13. The number of aryl methyl sites for hydroxylation is 1. The van der Waals surface area contributed by atoms with Crippen molar-refractivity contribution < 1.29 is 0 Å². The van der Waals surface area contributed by atoms with Gasteiger partial charge in [0.15, 0.2) is 0 Å². The van der Waals surface area contributed by atoms with E-state index in [4.69, 9.17) is 0 Å². The summed E-state index contributed by atoms with van der Waals surface area (Å²) in [5, 5.41) is 9.61. The Balaban J connectivity index is 2.89. The second-order valence-electron chi connectivity index (χ2n) is 5.13. The van der Waals surface area contributed by atoms with Crippen LogP contribution in [-0.4, -0.2) is 15.2 Å². The summed E-state index contributed by atoms with van der Waals surface area (Å²) in [6.07, 6.45) is 3.87. The molecule has 0 atom stereocenters. The van der Waals surface area contributed by atoms with Gasteiger partial charge in [-0.3, -0.25) is 4.98 Å². The molecule has 0 aliphatic rings. The van der Waals surface area contributed by atoms with Crippen LogP contribution < -0.4 is 0 Å². The van der Waals surface area contributed by atoms with Crippen molar-refractivity contribution >= 4 is 10.9 Å². The number of pyridine rings is 1. The lowest BCUT2D eigenvalue weighted by Gasteiger charge is -2.15. The number of hydrogen-bond donors (Lipinski definition) is 0. The first kappa shape index (κ1) is 12.0. The first-order valence-corrected chi connectivity index (χ1v) is 6.13. The van der Waals surface area contributed by atoms with Crippen molar-refractivity contribution in [1.82, 2.24) is 15.2 Å². The molecule has 0 aromatic carbocycles. The number of fused-ring (bicyclic) bond motifs is 1. The van der Waals surface area contributed by atoms with E-state index in [0.29, 0.717) is 11.8 Å². The van der Waals surface area contributed by atoms with Crippen molar-refractivity contribution in [2.45, 2.75) is 46.5 Å². The van der Waals surface area contributed by atoms with Crippen molar-refractivity contribution in [3.05, 3.63) is 29.2 Å². The summed E-state index contributed by atoms with van der Waals surface area (Å²) in [6, 6.07) is 0. The molecular formula is C14H19N3. The summed E-state index contributed by atoms with van der Waals surface area (Å²) in [6.45, 7) is 10.8. The maximum absolute atomic E-state index is 4.43. The molecule has 0 amide bonds. The Morgan fingerprint density at radius 3 is 2.12 bits per heavy atom. The third kappa shape index (κ3) is 2.02. The van der Waals surface area contributed by atoms with Gasteiger partial charge in [0.25, 0.3) is 0 Å². The van der Waals surface area contributed by atoms with Gasteiger partial charge in [-0.15, -0.1) is 5.10 Å². The van der Waals surface area contributed by atoms with Crippen LogP contribution in [0.5, 0.6) is 0 Å². The van der Waals surface area contributed by atoms with E-state index in [0.717, 1.165) is 11.2 Å². The molecule has 2 aromatic heterocycles. The van der Waals surface area contributed by atoms with Gasteiger partial charge in [-0.1, -0.05) is 27.7 Å². The SMILES string of the molecule is Cc1ncc(C(C)C)c2c(C(C)C)cnnc12. The van der Waals surface area contributed by atoms with Crippen LogP contribution in [0.3, 0.4) is 0 Å². The van der Waals surface area contributed by atoms with Crippen molar-refractivity contribution in [2.24, 2.45) is 0 Å². The molecule has 2 heterocycles. The lowest BCUT2D eigenvalue weighted by molar-refractivity contribution is 0.833. The molecule has 0 spiro atoms. The average Bonchev–Trinajstić information content (AvgIpc) is 2.28. The zero-order chi connectivity index (χ0) is 12.6. The van der Waals surface area contributed by atoms with Gasteiger partial charge in [0.2, 0.25) is 0 Å². The van der Waals surface area contributed by atoms with E-state index in [1.807, 2.05) is 19.3 Å². The van der Waals surface area contributed by atoms with Gasteiger partial charge in [0.1, 0.15) is 5.52 Å². The molecule has 17 heavy (non-hydrogen) atoms. The summed E-state index contributed by atoms with van der Waals surface area (Å²) in [4.78, 5) is 4.43. The van der Waals surface area contributed by atoms with Crippen LogP contribution in [0.4, 0.5) is 0 Å². The molecule has 3 heteroatoms. The van der Waals surface area contributed by atoms with Crippen molar-refractivity contribution in [2.75, 3.05) is 0 Å². The number of nitrogens with zero attached hydrogens (tertiary/aromatic N) is 3. The smallest absolute Gasteiger partial charge is 0.115 e. The van der Waals surface area contributed by atoms with E-state index < -0.39 is 0 Å². The van der Waals surface area contributed by atoms with Gasteiger partial charge in [0, 0.05) is 11.6 Å². The summed E-state index contributed by atoms with van der Waals surface area (Å²) >= 11 is 0. The molecule has 0 bridgehead atoms. The Morgan fingerprint density at radius 1 is 0.941 bits per heavy atom. The van der Waals surface area contributed by atoms with E-state index in [1.165, 1.54) is 16.5 Å². The van der Waals surface area contributed by atoms with Crippen molar-refractivity contribution in [3.8, 4) is 0 Å². The molecule has 0 saturated heterocycles. The standard InChI is InChI=1S/C14H19N3/c1-8(2)11-6-15-10(5)14-13(11)12(9(3)4)7-16-17-14/h6-9H,1-5H3. The molecule has 0 saturated carbocycles. The Morgan fingerprint density at radius 2 is 1.53 bits per heavy atom. The highest BCUT2D eigenvalue weighted by atomic mass is 15.1. The molecule has 0 N–H and O–H groups in total. The largest absolute Gasteiger partial charge is 0.259 e. The summed E-state index contributed by atoms with van der Waals surface area (Å²) in [7, 11) is 0. The fraction of sp³-hybridized carbons (Fsp3) is 0.500. The fourth-order valence-corrected chi connectivity index (χ4v) is 2.12. The zero-order valence-corrected chi connectivity index (χ0v) is 11.2. The van der Waals surface area contributed by atoms with E-state index in [2.05, 4.69) is 42.9 Å². The minimum absolute atomic E-state index is 0.451. The monoisotopic (exact) mass is 229 g/mol. The Bertz CT molecular complexity index is 530. The van der Waals surface area contributed by atoms with Gasteiger partial charge < -0.3 is 0 Å². The van der Waals surface area contributed by atoms with E-state index in [9.17, 15) is 0 Å². The number of rotatable bonds is 2. The highest BCUT2D eigenvalue weighted by Crippen LogP contribution is 2.30. The van der Waals surface area contributed by atoms with E-state index in [-0.39, 0.29) is 0 Å². The second-order valence-corrected chi connectivity index (χ2v) is 5.13. The van der Waals surface area contributed by atoms with Crippen LogP contribution in [0.2, 0.25) is 0 Å². The molecule has 0 aliphatic carbocycles. The third-order valence-electron chi connectivity index (χ3n) is 3.15. The highest BCUT2D eigenvalue weighted by molar-refractivity contribution is 5.87. The molecule has 0 aliphatic heterocycles. The summed E-state index contributed by atoms with van der Waals surface area (Å²) in [5.74, 6) is 0.902. The van der Waals surface area contributed by atoms with Gasteiger partial charge >= 0.3 is 0 Å². The topological polar surface area (TPSA) is 38.7 Å². The molecule has 0 unspecified atom stereocenters. The number of aromatic nitrogens is 3. The minimum Gasteiger partial charge on any atom is -0.259 e. The molecule has 2 aromatic rings. The van der Waals surface area contributed by atoms with E-state index >= 15 is 0 Å². The predicted octanol–water partition coefficient (Wildman–Crippen LogP) is 3.58. The van der Waals surface area contributed by atoms with Crippen LogP contribution in [0.15, 0.2) is 12.4 Å². The highest BCUT2D eigenvalue weighted by Gasteiger charge is 2.15. The molecule has 0 fully saturated rings. The molecular weight excluding hydrogens is 210 g/mol.